The van der Waals surface area contributed by atoms with Gasteiger partial charge in [0.15, 0.2) is 0 Å². The molecule has 2 atom stereocenters. The van der Waals surface area contributed by atoms with Crippen LogP contribution in [0.1, 0.15) is 45.5 Å². The van der Waals surface area contributed by atoms with Gasteiger partial charge in [0, 0.05) is 24.9 Å². The standard InChI is InChI=1S/C13H25N3O/c1-4-5-13-15-6-7-16(13)12(9-17)11(14)8-10(2)3/h6-7,10-12,17H,4-5,8-9,14H2,1-3H3. The van der Waals surface area contributed by atoms with Gasteiger partial charge in [0.05, 0.1) is 12.6 Å². The molecule has 0 aromatic carbocycles. The topological polar surface area (TPSA) is 64.1 Å². The van der Waals surface area contributed by atoms with Gasteiger partial charge in [-0.1, -0.05) is 20.8 Å². The van der Waals surface area contributed by atoms with Gasteiger partial charge in [0.25, 0.3) is 0 Å². The second-order valence-electron chi connectivity index (χ2n) is 5.04. The monoisotopic (exact) mass is 239 g/mol. The van der Waals surface area contributed by atoms with Crippen molar-refractivity contribution in [3.05, 3.63) is 18.2 Å². The van der Waals surface area contributed by atoms with E-state index < -0.39 is 0 Å². The summed E-state index contributed by atoms with van der Waals surface area (Å²) in [6, 6.07) is -0.0775. The third-order valence-electron chi connectivity index (χ3n) is 3.00. The van der Waals surface area contributed by atoms with E-state index in [4.69, 9.17) is 5.73 Å². The molecule has 3 N–H and O–H groups in total. The van der Waals surface area contributed by atoms with Crippen LogP contribution in [0.15, 0.2) is 12.4 Å². The number of aryl methyl sites for hydroxylation is 1. The molecule has 0 aliphatic heterocycles. The second kappa shape index (κ2) is 6.77. The predicted octanol–water partition coefficient (Wildman–Crippen LogP) is 1.74. The molecule has 1 rings (SSSR count). The van der Waals surface area contributed by atoms with Crippen LogP contribution in [0.2, 0.25) is 0 Å². The first-order valence-electron chi connectivity index (χ1n) is 6.48. The number of nitrogens with zero attached hydrogens (tertiary/aromatic N) is 2. The van der Waals surface area contributed by atoms with E-state index in [0.717, 1.165) is 25.1 Å². The molecule has 1 heterocycles. The molecule has 1 aromatic heterocycles. The Morgan fingerprint density at radius 2 is 2.18 bits per heavy atom. The summed E-state index contributed by atoms with van der Waals surface area (Å²) in [6.45, 7) is 6.49. The third kappa shape index (κ3) is 3.82. The summed E-state index contributed by atoms with van der Waals surface area (Å²) in [5.74, 6) is 1.56. The summed E-state index contributed by atoms with van der Waals surface area (Å²) in [5, 5.41) is 9.55. The van der Waals surface area contributed by atoms with Crippen LogP contribution in [0.5, 0.6) is 0 Å². The maximum atomic E-state index is 9.55. The molecular formula is C13H25N3O. The molecule has 1 aromatic rings. The Bertz CT molecular complexity index is 322. The van der Waals surface area contributed by atoms with Crippen molar-refractivity contribution in [1.82, 2.24) is 9.55 Å². The van der Waals surface area contributed by atoms with E-state index in [0.29, 0.717) is 5.92 Å². The highest BCUT2D eigenvalue weighted by Gasteiger charge is 2.21. The lowest BCUT2D eigenvalue weighted by molar-refractivity contribution is 0.194. The van der Waals surface area contributed by atoms with Gasteiger partial charge in [-0.3, -0.25) is 0 Å². The van der Waals surface area contributed by atoms with Crippen LogP contribution in [-0.2, 0) is 6.42 Å². The number of nitrogens with two attached hydrogens (primary N) is 1. The minimum absolute atomic E-state index is 0.0233. The first-order valence-corrected chi connectivity index (χ1v) is 6.48. The number of aliphatic hydroxyl groups is 1. The molecule has 4 nitrogen and oxygen atoms in total. The number of imidazole rings is 1. The Balaban J connectivity index is 2.81. The molecule has 17 heavy (non-hydrogen) atoms. The molecule has 0 saturated heterocycles. The van der Waals surface area contributed by atoms with Crippen molar-refractivity contribution in [2.75, 3.05) is 6.61 Å². The van der Waals surface area contributed by atoms with E-state index in [-0.39, 0.29) is 18.7 Å². The second-order valence-corrected chi connectivity index (χ2v) is 5.04. The highest BCUT2D eigenvalue weighted by Crippen LogP contribution is 2.18. The summed E-state index contributed by atoms with van der Waals surface area (Å²) >= 11 is 0. The maximum absolute atomic E-state index is 9.55. The SMILES string of the molecule is CCCc1nccn1C(CO)C(N)CC(C)C. The smallest absolute Gasteiger partial charge is 0.109 e. The summed E-state index contributed by atoms with van der Waals surface area (Å²) in [4.78, 5) is 4.33. The zero-order valence-electron chi connectivity index (χ0n) is 11.1. The van der Waals surface area contributed by atoms with E-state index in [1.807, 2.05) is 10.8 Å². The number of rotatable bonds is 7. The van der Waals surface area contributed by atoms with Crippen molar-refractivity contribution >= 4 is 0 Å². The molecule has 0 fully saturated rings. The minimum atomic E-state index is -0.0542. The van der Waals surface area contributed by atoms with Crippen molar-refractivity contribution in [1.29, 1.82) is 0 Å². The first-order chi connectivity index (χ1) is 8.10. The molecule has 0 aliphatic carbocycles. The van der Waals surface area contributed by atoms with Crippen molar-refractivity contribution in [2.24, 2.45) is 11.7 Å². The van der Waals surface area contributed by atoms with Crippen LogP contribution < -0.4 is 5.73 Å². The van der Waals surface area contributed by atoms with Crippen molar-refractivity contribution < 1.29 is 5.11 Å². The predicted molar refractivity (Wildman–Crippen MR) is 69.8 cm³/mol. The number of aliphatic hydroxyl groups excluding tert-OH is 1. The van der Waals surface area contributed by atoms with Gasteiger partial charge in [-0.25, -0.2) is 4.98 Å². The van der Waals surface area contributed by atoms with Crippen molar-refractivity contribution in [3.63, 3.8) is 0 Å². The fourth-order valence-corrected chi connectivity index (χ4v) is 2.19. The van der Waals surface area contributed by atoms with Gasteiger partial charge in [-0.15, -0.1) is 0 Å². The molecule has 98 valence electrons. The minimum Gasteiger partial charge on any atom is -0.394 e. The van der Waals surface area contributed by atoms with Gasteiger partial charge in [-0.05, 0) is 18.8 Å². The van der Waals surface area contributed by atoms with E-state index >= 15 is 0 Å². The number of aromatic nitrogens is 2. The fraction of sp³-hybridized carbons (Fsp3) is 0.769. The van der Waals surface area contributed by atoms with E-state index in [1.165, 1.54) is 0 Å². The molecule has 2 unspecified atom stereocenters. The van der Waals surface area contributed by atoms with Crippen LogP contribution in [0.4, 0.5) is 0 Å². The Morgan fingerprint density at radius 1 is 1.47 bits per heavy atom. The zero-order chi connectivity index (χ0) is 12.8. The van der Waals surface area contributed by atoms with Gasteiger partial charge in [-0.2, -0.15) is 0 Å². The third-order valence-corrected chi connectivity index (χ3v) is 3.00. The highest BCUT2D eigenvalue weighted by atomic mass is 16.3. The van der Waals surface area contributed by atoms with Crippen molar-refractivity contribution in [2.45, 2.75) is 52.1 Å². The van der Waals surface area contributed by atoms with Crippen LogP contribution in [-0.4, -0.2) is 27.3 Å². The zero-order valence-corrected chi connectivity index (χ0v) is 11.1. The average Bonchev–Trinajstić information content (AvgIpc) is 2.67. The van der Waals surface area contributed by atoms with Crippen LogP contribution in [0, 0.1) is 5.92 Å². The number of hydrogen-bond acceptors (Lipinski definition) is 3. The molecule has 4 heteroatoms. The first kappa shape index (κ1) is 14.2. The molecule has 0 aliphatic rings. The molecular weight excluding hydrogens is 214 g/mol. The largest absolute Gasteiger partial charge is 0.394 e. The normalized spacial score (nSPS) is 15.2. The lowest BCUT2D eigenvalue weighted by atomic mass is 9.98. The van der Waals surface area contributed by atoms with E-state index in [9.17, 15) is 5.11 Å². The van der Waals surface area contributed by atoms with E-state index in [1.54, 1.807) is 6.20 Å². The molecule has 0 amide bonds. The van der Waals surface area contributed by atoms with Crippen LogP contribution in [0.25, 0.3) is 0 Å². The Morgan fingerprint density at radius 3 is 2.71 bits per heavy atom. The van der Waals surface area contributed by atoms with Gasteiger partial charge >= 0.3 is 0 Å². The lowest BCUT2D eigenvalue weighted by Crippen LogP contribution is -2.36. The highest BCUT2D eigenvalue weighted by molar-refractivity contribution is 4.98. The Labute approximate surface area is 104 Å². The van der Waals surface area contributed by atoms with Crippen LogP contribution >= 0.6 is 0 Å². The lowest BCUT2D eigenvalue weighted by Gasteiger charge is -2.26. The quantitative estimate of drug-likeness (QED) is 0.762. The Kier molecular flexibility index (Phi) is 5.65. The summed E-state index contributed by atoms with van der Waals surface area (Å²) < 4.78 is 2.04. The molecule has 0 spiro atoms. The van der Waals surface area contributed by atoms with Gasteiger partial charge in [0.1, 0.15) is 5.82 Å². The number of hydrogen-bond donors (Lipinski definition) is 2. The molecule has 0 bridgehead atoms. The molecule has 0 saturated carbocycles. The summed E-state index contributed by atoms with van der Waals surface area (Å²) in [7, 11) is 0. The van der Waals surface area contributed by atoms with Crippen LogP contribution in [0.3, 0.4) is 0 Å². The van der Waals surface area contributed by atoms with Gasteiger partial charge < -0.3 is 15.4 Å². The van der Waals surface area contributed by atoms with E-state index in [2.05, 4.69) is 25.8 Å². The molecule has 0 radical (unpaired) electrons. The van der Waals surface area contributed by atoms with Crippen molar-refractivity contribution in [3.8, 4) is 0 Å². The van der Waals surface area contributed by atoms with Gasteiger partial charge in [0.2, 0.25) is 0 Å². The maximum Gasteiger partial charge on any atom is 0.109 e. The summed E-state index contributed by atoms with van der Waals surface area (Å²) in [6.07, 6.45) is 6.60. The average molecular weight is 239 g/mol. The Hall–Kier alpha value is -0.870. The summed E-state index contributed by atoms with van der Waals surface area (Å²) in [5.41, 5.74) is 6.18. The fourth-order valence-electron chi connectivity index (χ4n) is 2.19.